The van der Waals surface area contributed by atoms with E-state index in [1.807, 2.05) is 0 Å². The summed E-state index contributed by atoms with van der Waals surface area (Å²) in [7, 11) is 0. The largest absolute Gasteiger partial charge is 0.481 e. The standard InChI is InChI=1S/C89H136N26O29/c1-46(2)36-64(89(143)144)114-84(138)57(25-30-68(96)119)109-85(139)61(38-49-18-8-5-9-19-49)111-82(136)58(26-31-71(122)123)107-79(133)53(21-11-14-34-91)106-88(142)65(44-116)115-80(134)54(22-12-15-35-92)105-87(141)63(41-73(126)127)113-78(132)52(20-10-13-33-90)102-70(121)43-99-76(130)60(37-48-16-6-4-7-17-48)110-86(140)62(39-50-42-98-45-100-50)112-83(137)59(27-32-72(124)125)108-81(135)56(24-29-67(95)118)103-74(128)47(3)101-77(131)55(23-28-66(94)117)104-75(129)51(93)40-69(97)120/h4-9,16-19,42,45-47,51-65,116H,10-15,20-41,43-44,90-93H2,1-3H3,(H2,94,117)(H2,95,118)(H2,96,119)(H2,97,120)(H,98,100)(H,99,130)(H,101,131)(H,102,121)(H,103,128)(H,104,129)(H,105,141)(H,106,142)(H,107,133)(H,108,135)(H,109,139)(H,110,140)(H,111,136)(H,112,137)(H,113,132)(H,114,138)(H,115,134)(H,122,123)(H,124,125)(H,126,127)(H,143,144)/t47-,51-,52-,53-,54-,55-,56-,57-,58-,59-,60-,61-,62-,63-,64-,65-/m0/s1. The number of hydrogen-bond donors (Lipinski definition) is 30. The van der Waals surface area contributed by atoms with Crippen molar-refractivity contribution in [2.24, 2.45) is 51.8 Å². The van der Waals surface area contributed by atoms with Gasteiger partial charge in [-0.2, -0.15) is 0 Å². The summed E-state index contributed by atoms with van der Waals surface area (Å²) >= 11 is 0. The van der Waals surface area contributed by atoms with Gasteiger partial charge in [0.1, 0.15) is 90.6 Å². The van der Waals surface area contributed by atoms with E-state index in [1.54, 1.807) is 74.5 Å². The van der Waals surface area contributed by atoms with E-state index < -0.39 is 335 Å². The first kappa shape index (κ1) is 123. The highest BCUT2D eigenvalue weighted by atomic mass is 16.4. The SMILES string of the molecule is CC(C)C[C@H](NC(=O)[C@H](CCC(N)=O)NC(=O)[C@H](Cc1ccccc1)NC(=O)[C@H](CCC(=O)O)NC(=O)[C@H](CCCCN)NC(=O)[C@H](CO)NC(=O)[C@H](CCCCN)NC(=O)[C@H](CC(=O)O)NC(=O)[C@H](CCCCN)NC(=O)CNC(=O)[C@H](Cc1ccccc1)NC(=O)[C@H](Cc1c[nH]cn1)NC(=O)[C@H](CCC(=O)O)NC(=O)[C@H](CCC(N)=O)NC(=O)[C@H](C)NC(=O)[C@H](CCC(N)=O)NC(=O)[C@@H](N)CC(N)=O)C(=O)O. The number of aliphatic hydroxyl groups excluding tert-OH is 1. The van der Waals surface area contributed by atoms with Crippen molar-refractivity contribution in [2.75, 3.05) is 32.8 Å². The van der Waals surface area contributed by atoms with E-state index in [-0.39, 0.29) is 108 Å². The molecule has 0 aliphatic carbocycles. The molecule has 0 bridgehead atoms. The molecule has 0 radical (unpaired) electrons. The number of nitrogens with one attached hydrogen (secondary N) is 17. The number of carboxylic acid groups (broad SMARTS) is 4. The molecular weight excluding hydrogens is 1900 g/mol. The minimum Gasteiger partial charge on any atom is -0.481 e. The Morgan fingerprint density at radius 2 is 0.639 bits per heavy atom. The van der Waals surface area contributed by atoms with Crippen LogP contribution in [0.4, 0.5) is 0 Å². The molecule has 0 saturated carbocycles. The molecule has 0 fully saturated rings. The zero-order valence-electron chi connectivity index (χ0n) is 80.1. The van der Waals surface area contributed by atoms with Crippen molar-refractivity contribution >= 4 is 142 Å². The molecule has 796 valence electrons. The average Bonchev–Trinajstić information content (AvgIpc) is 1.11. The van der Waals surface area contributed by atoms with E-state index in [0.29, 0.717) is 11.1 Å². The smallest absolute Gasteiger partial charge is 0.326 e. The Morgan fingerprint density at radius 1 is 0.326 bits per heavy atom. The van der Waals surface area contributed by atoms with Crippen LogP contribution in [0.15, 0.2) is 73.2 Å². The molecule has 1 heterocycles. The molecule has 144 heavy (non-hydrogen) atoms. The Labute approximate surface area is 826 Å². The lowest BCUT2D eigenvalue weighted by Crippen LogP contribution is -2.61. The fourth-order valence-electron chi connectivity index (χ4n) is 14.0. The number of aromatic nitrogens is 2. The molecule has 20 amide bonds. The lowest BCUT2D eigenvalue weighted by Gasteiger charge is -2.28. The minimum atomic E-state index is -2.09. The Kier molecular flexibility index (Phi) is 56.1. The number of carboxylic acids is 4. The number of nitrogens with zero attached hydrogens (tertiary/aromatic N) is 1. The quantitative estimate of drug-likeness (QED) is 0.0233. The predicted molar refractivity (Wildman–Crippen MR) is 506 cm³/mol. The predicted octanol–water partition coefficient (Wildman–Crippen LogP) is -10.4. The minimum absolute atomic E-state index is 0.0252. The molecular formula is C89H136N26O29. The molecule has 0 aliphatic heterocycles. The number of benzene rings is 2. The Bertz CT molecular complexity index is 4850. The summed E-state index contributed by atoms with van der Waals surface area (Å²) < 4.78 is 0. The van der Waals surface area contributed by atoms with Gasteiger partial charge in [-0.1, -0.05) is 74.5 Å². The third kappa shape index (κ3) is 48.7. The Morgan fingerprint density at radius 3 is 0.986 bits per heavy atom. The Hall–Kier alpha value is -15.3. The fourth-order valence-corrected chi connectivity index (χ4v) is 14.0. The number of amides is 20. The monoisotopic (exact) mass is 2030 g/mol. The average molecular weight is 2030 g/mol. The maximum Gasteiger partial charge on any atom is 0.326 e. The summed E-state index contributed by atoms with van der Waals surface area (Å²) in [5, 5.41) is 88.2. The van der Waals surface area contributed by atoms with E-state index >= 15 is 0 Å². The number of aromatic amines is 1. The second-order valence-electron chi connectivity index (χ2n) is 34.3. The van der Waals surface area contributed by atoms with Crippen LogP contribution in [0.1, 0.15) is 179 Å². The first-order valence-corrected chi connectivity index (χ1v) is 46.4. The van der Waals surface area contributed by atoms with Gasteiger partial charge in [-0.25, -0.2) is 9.78 Å². The van der Waals surface area contributed by atoms with E-state index in [0.717, 1.165) is 6.92 Å². The normalized spacial score (nSPS) is 14.3. The van der Waals surface area contributed by atoms with Gasteiger partial charge in [0.25, 0.3) is 0 Å². The van der Waals surface area contributed by atoms with Crippen LogP contribution in [0.3, 0.4) is 0 Å². The molecule has 0 aliphatic rings. The van der Waals surface area contributed by atoms with Crippen molar-refractivity contribution in [3.63, 3.8) is 0 Å². The third-order valence-corrected chi connectivity index (χ3v) is 21.8. The highest BCUT2D eigenvalue weighted by molar-refractivity contribution is 6.02. The van der Waals surface area contributed by atoms with Crippen LogP contribution in [0.5, 0.6) is 0 Å². The number of imidazole rings is 1. The molecule has 1 aromatic heterocycles. The number of H-pyrrole nitrogens is 1. The maximum atomic E-state index is 14.8. The van der Waals surface area contributed by atoms with Crippen LogP contribution < -0.4 is 131 Å². The summed E-state index contributed by atoms with van der Waals surface area (Å²) in [6.45, 7) is 2.40. The highest BCUT2D eigenvalue weighted by Gasteiger charge is 2.40. The van der Waals surface area contributed by atoms with Gasteiger partial charge in [0.2, 0.25) is 118 Å². The number of unbranched alkanes of at least 4 members (excludes halogenated alkanes) is 3. The van der Waals surface area contributed by atoms with Crippen LogP contribution in [-0.4, -0.2) is 307 Å². The first-order valence-electron chi connectivity index (χ1n) is 46.4. The van der Waals surface area contributed by atoms with Gasteiger partial charge in [0.15, 0.2) is 0 Å². The van der Waals surface area contributed by atoms with E-state index in [1.165, 1.54) is 12.5 Å². The number of aliphatic carboxylic acids is 4. The molecule has 0 spiro atoms. The summed E-state index contributed by atoms with van der Waals surface area (Å²) in [5.74, 6) is -28.8. The van der Waals surface area contributed by atoms with Gasteiger partial charge in [0.05, 0.1) is 44.1 Å². The summed E-state index contributed by atoms with van der Waals surface area (Å²) in [5.41, 5.74) is 45.1. The second-order valence-corrected chi connectivity index (χ2v) is 34.3. The van der Waals surface area contributed by atoms with Gasteiger partial charge in [-0.05, 0) is 140 Å². The van der Waals surface area contributed by atoms with Gasteiger partial charge in [-0.15, -0.1) is 0 Å². The van der Waals surface area contributed by atoms with Crippen molar-refractivity contribution in [1.29, 1.82) is 0 Å². The summed E-state index contributed by atoms with van der Waals surface area (Å²) in [4.78, 5) is 330. The zero-order chi connectivity index (χ0) is 108. The van der Waals surface area contributed by atoms with Crippen molar-refractivity contribution in [1.82, 2.24) is 95.0 Å². The summed E-state index contributed by atoms with van der Waals surface area (Å²) in [6.07, 6.45) is -6.69. The number of nitrogens with two attached hydrogens (primary N) is 8. The molecule has 0 saturated heterocycles. The second kappa shape index (κ2) is 65.7. The van der Waals surface area contributed by atoms with E-state index in [4.69, 9.17) is 45.9 Å². The van der Waals surface area contributed by atoms with Crippen LogP contribution in [0, 0.1) is 5.92 Å². The number of hydrogen-bond acceptors (Lipinski definition) is 30. The lowest BCUT2D eigenvalue weighted by atomic mass is 10.0. The van der Waals surface area contributed by atoms with E-state index in [2.05, 4.69) is 95.0 Å². The number of aliphatic hydroxyl groups is 1. The molecule has 55 nitrogen and oxygen atoms in total. The van der Waals surface area contributed by atoms with Crippen LogP contribution in [0.25, 0.3) is 0 Å². The number of carbonyl (C=O) groups excluding carboxylic acids is 20. The number of primary amides is 4. The van der Waals surface area contributed by atoms with Gasteiger partial charge >= 0.3 is 23.9 Å². The zero-order valence-corrected chi connectivity index (χ0v) is 80.1. The van der Waals surface area contributed by atoms with Crippen molar-refractivity contribution in [3.8, 4) is 0 Å². The van der Waals surface area contributed by atoms with Gasteiger partial charge in [0, 0.05) is 57.6 Å². The van der Waals surface area contributed by atoms with Crippen LogP contribution >= 0.6 is 0 Å². The molecule has 16 atom stereocenters. The van der Waals surface area contributed by atoms with E-state index in [9.17, 15) is 141 Å². The number of carbonyl (C=O) groups is 24. The lowest BCUT2D eigenvalue weighted by molar-refractivity contribution is -0.143. The van der Waals surface area contributed by atoms with Gasteiger partial charge < -0.3 is 161 Å². The molecule has 3 rings (SSSR count). The third-order valence-electron chi connectivity index (χ3n) is 21.8. The van der Waals surface area contributed by atoms with Crippen LogP contribution in [0.2, 0.25) is 0 Å². The van der Waals surface area contributed by atoms with Gasteiger partial charge in [-0.3, -0.25) is 110 Å². The fraction of sp³-hybridized carbons (Fsp3) is 0.562. The molecule has 0 unspecified atom stereocenters. The van der Waals surface area contributed by atoms with Crippen molar-refractivity contribution < 1.29 is 141 Å². The first-order chi connectivity index (χ1) is 68.1. The topological polar surface area (TPSA) is 940 Å². The Balaban J connectivity index is 1.96. The molecule has 55 heteroatoms. The van der Waals surface area contributed by atoms with Crippen molar-refractivity contribution in [2.45, 2.75) is 278 Å². The summed E-state index contributed by atoms with van der Waals surface area (Å²) in [6, 6.07) is -11.9. The molecule has 2 aromatic carbocycles. The maximum absolute atomic E-state index is 14.8. The van der Waals surface area contributed by atoms with Crippen LogP contribution in [-0.2, 0) is 134 Å². The molecule has 3 aromatic rings. The van der Waals surface area contributed by atoms with Crippen molar-refractivity contribution in [3.05, 3.63) is 90.0 Å². The molecule has 38 N–H and O–H groups in total. The number of rotatable bonds is 73. The highest BCUT2D eigenvalue weighted by Crippen LogP contribution is 2.16.